The van der Waals surface area contributed by atoms with Crippen LogP contribution in [0.4, 0.5) is 22.0 Å². The van der Waals surface area contributed by atoms with Crippen molar-refractivity contribution in [3.8, 4) is 5.75 Å². The zero-order valence-corrected chi connectivity index (χ0v) is 88.1. The molecule has 0 N–H and O–H groups in total. The second kappa shape index (κ2) is 49.4. The molecule has 768 valence electrons. The van der Waals surface area contributed by atoms with E-state index in [1.165, 1.54) is 55.8 Å². The number of aryl methyl sites for hydroxylation is 7. The number of carbonyl (C=O) groups excluding carboxylic acids is 5. The van der Waals surface area contributed by atoms with Crippen molar-refractivity contribution in [2.24, 2.45) is 23.7 Å². The maximum absolute atomic E-state index is 13.8. The Morgan fingerprint density at radius 3 is 0.965 bits per heavy atom. The number of alkyl halides is 3. The van der Waals surface area contributed by atoms with Gasteiger partial charge >= 0.3 is 6.36 Å². The van der Waals surface area contributed by atoms with Gasteiger partial charge in [0.25, 0.3) is 29.5 Å². The third-order valence-electron chi connectivity index (χ3n) is 25.3. The molecule has 5 amide bonds. The van der Waals surface area contributed by atoms with E-state index in [1.54, 1.807) is 101 Å². The van der Waals surface area contributed by atoms with Crippen LogP contribution in [0.2, 0.25) is 15.1 Å². The molecule has 5 aromatic carbocycles. The van der Waals surface area contributed by atoms with Crippen molar-refractivity contribution >= 4 is 114 Å². The third kappa shape index (κ3) is 31.4. The molecule has 0 spiro atoms. The minimum Gasteiger partial charge on any atom is -0.404 e. The highest BCUT2D eigenvalue weighted by molar-refractivity contribution is 7.92. The number of halogens is 8. The lowest BCUT2D eigenvalue weighted by Gasteiger charge is -2.30. The highest BCUT2D eigenvalue weighted by Crippen LogP contribution is 2.40. The van der Waals surface area contributed by atoms with Crippen LogP contribution in [-0.4, -0.2) is 193 Å². The predicted octanol–water partition coefficient (Wildman–Crippen LogP) is 20.5. The number of pyridine rings is 5. The van der Waals surface area contributed by atoms with E-state index < -0.39 is 100.0 Å². The smallest absolute Gasteiger partial charge is 0.404 e. The maximum atomic E-state index is 13.8. The second-order valence-corrected chi connectivity index (χ2v) is 48.4. The van der Waals surface area contributed by atoms with Crippen molar-refractivity contribution in [1.29, 1.82) is 0 Å². The van der Waals surface area contributed by atoms with Crippen molar-refractivity contribution in [2.45, 2.75) is 219 Å². The molecule has 0 radical (unpaired) electrons. The molecule has 26 nitrogen and oxygen atoms in total. The number of amides is 5. The SMILES string of the molecule is CC1CCN(C(=O)c2cccc(CS(=O)(=O)c3ccc(F)cc3F)n2)CC1.Cc1cc(C)c(S(=O)(=O)Cc2cccc(C(=O)N3CCC(C)CC3)n2)c(C)c1.Cc1cc(Cl)c(Cl)c(S(=O)(=O)Cc2cccc(C(=O)N3CCC(C)CC3)n2)c1Cl.Cc1ccc(S(=O)(=O)Cc2cccc(C(=O)N3CCC(C)CC3)n2)c(OC(F)(F)F)c1.Cc1ccc(S(=O)(=O)Cc2cccc(C(=O)N3CCCCCCC3)n2)c(C)c1. The number of carbonyl (C=O) groups is 5. The number of benzene rings is 5. The Kier molecular flexibility index (Phi) is 38.9. The summed E-state index contributed by atoms with van der Waals surface area (Å²) in [6.07, 6.45) is 7.99. The summed E-state index contributed by atoms with van der Waals surface area (Å²) in [6.45, 7) is 27.9. The Balaban J connectivity index is 0.000000171. The lowest BCUT2D eigenvalue weighted by Crippen LogP contribution is -2.38. The Bertz CT molecular complexity index is 6860. The first-order valence-corrected chi connectivity index (χ1v) is 56.7. The van der Waals surface area contributed by atoms with Crippen molar-refractivity contribution in [1.82, 2.24) is 49.4 Å². The Morgan fingerprint density at radius 2 is 0.622 bits per heavy atom. The first-order valence-electron chi connectivity index (χ1n) is 47.3. The van der Waals surface area contributed by atoms with E-state index >= 15 is 0 Å². The molecule has 0 aliphatic carbocycles. The molecule has 5 aliphatic rings. The number of sulfone groups is 5. The van der Waals surface area contributed by atoms with E-state index in [4.69, 9.17) is 34.8 Å². The summed E-state index contributed by atoms with van der Waals surface area (Å²) in [5, 5.41) is 0.0364. The van der Waals surface area contributed by atoms with Crippen LogP contribution in [0.25, 0.3) is 0 Å². The molecule has 39 heteroatoms. The molecule has 5 aromatic heterocycles. The second-order valence-electron chi connectivity index (χ2n) is 37.5. The first-order chi connectivity index (χ1) is 67.3. The quantitative estimate of drug-likeness (QED) is 0.0366. The molecular weight excluding hydrogens is 2010 g/mol. The number of nitrogens with zero attached hydrogens (tertiary/aromatic N) is 10. The van der Waals surface area contributed by atoms with Crippen molar-refractivity contribution < 1.29 is 92.8 Å². The molecule has 143 heavy (non-hydrogen) atoms. The van der Waals surface area contributed by atoms with E-state index in [-0.39, 0.29) is 95.2 Å². The number of hydrogen-bond acceptors (Lipinski definition) is 21. The van der Waals surface area contributed by atoms with Gasteiger partial charge in [0.2, 0.25) is 0 Å². The fourth-order valence-corrected chi connectivity index (χ4v) is 26.4. The molecule has 15 rings (SSSR count). The van der Waals surface area contributed by atoms with Crippen molar-refractivity contribution in [3.63, 3.8) is 0 Å². The Morgan fingerprint density at radius 1 is 0.329 bits per heavy atom. The van der Waals surface area contributed by atoms with Crippen LogP contribution in [-0.2, 0) is 78.0 Å². The largest absolute Gasteiger partial charge is 0.573 e. The van der Waals surface area contributed by atoms with E-state index in [2.05, 4.69) is 57.4 Å². The fraction of sp³-hybridized carbons (Fsp3) is 0.423. The van der Waals surface area contributed by atoms with E-state index in [0.717, 1.165) is 155 Å². The summed E-state index contributed by atoms with van der Waals surface area (Å²) in [7, 11) is -19.3. The molecule has 5 fully saturated rings. The van der Waals surface area contributed by atoms with Crippen molar-refractivity contribution in [3.05, 3.63) is 286 Å². The zero-order chi connectivity index (χ0) is 104. The average Bonchev–Trinajstić information content (AvgIpc) is 1.24. The minimum atomic E-state index is -5.03. The summed E-state index contributed by atoms with van der Waals surface area (Å²) in [6, 6.07) is 40.3. The van der Waals surface area contributed by atoms with Gasteiger partial charge in [0.1, 0.15) is 60.5 Å². The predicted molar refractivity (Wildman–Crippen MR) is 539 cm³/mol. The molecule has 0 unspecified atom stereocenters. The molecule has 10 aromatic rings. The van der Waals surface area contributed by atoms with Gasteiger partial charge in [0, 0.05) is 71.5 Å². The summed E-state index contributed by atoms with van der Waals surface area (Å²) in [5.41, 5.74) is 7.59. The molecule has 5 aliphatic heterocycles. The standard InChI is InChI=1S/2C22H28N2O3S.C21H23F3N2O4S.C20H21Cl3N2O3S.C19H20F2N2O3S/c1-15-8-10-24(11-9-15)22(25)20-7-5-6-19(23-20)14-28(26,27)21-17(3)12-16(2)13-18(21)4;1-17-11-12-21(18(2)15-17)28(26,27)16-19-9-8-10-20(23-19)22(25)24-13-6-4-3-5-7-14-24;1-14-8-10-26(11-9-14)20(27)17-5-3-4-16(25-17)13-31(28,29)19-7-6-15(2)12-18(19)30-21(22,23)24;1-12-6-8-25(9-7-12)20(26)16-5-3-4-14(24-16)11-29(27,28)19-17(22)13(2)10-15(21)18(19)23;1-13-7-9-23(10-8-13)19(24)17-4-2-3-15(22-17)12-27(25,26)18-6-5-14(20)11-16(18)21/h5-7,12-13,15H,8-11,14H2,1-4H3;8-12,15H,3-7,13-14,16H2,1-2H3;3-7,12,14H,8-11,13H2,1-2H3;3-5,10,12H,6-9,11H2,1-2H3;2-6,11,13H,7-10,12H2,1H3. The van der Waals surface area contributed by atoms with Gasteiger partial charge in [-0.2, -0.15) is 0 Å². The van der Waals surface area contributed by atoms with Gasteiger partial charge in [-0.15, -0.1) is 13.2 Å². The van der Waals surface area contributed by atoms with Crippen molar-refractivity contribution in [2.75, 3.05) is 65.4 Å². The van der Waals surface area contributed by atoms with E-state index in [1.807, 2.05) is 55.7 Å². The number of piperidine rings is 4. The Hall–Kier alpha value is -10.7. The lowest BCUT2D eigenvalue weighted by molar-refractivity contribution is -0.275. The molecule has 5 saturated heterocycles. The van der Waals surface area contributed by atoms with Crippen LogP contribution >= 0.6 is 34.8 Å². The number of ether oxygens (including phenoxy) is 1. The maximum Gasteiger partial charge on any atom is 0.573 e. The number of hydrogen-bond donors (Lipinski definition) is 0. The molecule has 10 heterocycles. The minimum absolute atomic E-state index is 0.0362. The fourth-order valence-electron chi connectivity index (χ4n) is 17.4. The van der Waals surface area contributed by atoms with Gasteiger partial charge in [-0.25, -0.2) is 75.8 Å². The summed E-state index contributed by atoms with van der Waals surface area (Å²) in [5.74, 6) is -3.49. The molecular formula is C104H120Cl3F5N10O16S5. The third-order valence-corrected chi connectivity index (χ3v) is 35.6. The van der Waals surface area contributed by atoms with Crippen LogP contribution in [0.5, 0.6) is 5.75 Å². The monoisotopic (exact) mass is 2120 g/mol. The zero-order valence-electron chi connectivity index (χ0n) is 81.8. The van der Waals surface area contributed by atoms with Crippen LogP contribution in [0, 0.1) is 83.8 Å². The van der Waals surface area contributed by atoms with Gasteiger partial charge in [0.15, 0.2) is 49.2 Å². The van der Waals surface area contributed by atoms with Gasteiger partial charge in [0.05, 0.1) is 82.1 Å². The Labute approximate surface area is 850 Å². The van der Waals surface area contributed by atoms with Crippen LogP contribution in [0.3, 0.4) is 0 Å². The molecule has 0 bridgehead atoms. The highest BCUT2D eigenvalue weighted by atomic mass is 35.5. The summed E-state index contributed by atoms with van der Waals surface area (Å²) in [4.78, 5) is 93.2. The average molecular weight is 2130 g/mol. The number of aromatic nitrogens is 5. The summed E-state index contributed by atoms with van der Waals surface area (Å²) >= 11 is 18.4. The van der Waals surface area contributed by atoms with Gasteiger partial charge in [-0.3, -0.25) is 24.0 Å². The first kappa shape index (κ1) is 113. The van der Waals surface area contributed by atoms with E-state index in [0.29, 0.717) is 113 Å². The molecule has 0 atom stereocenters. The van der Waals surface area contributed by atoms with Crippen LogP contribution in [0.1, 0.15) is 231 Å². The number of likely N-dealkylation sites (tertiary alicyclic amines) is 5. The highest BCUT2D eigenvalue weighted by Gasteiger charge is 2.37. The topological polar surface area (TPSA) is 346 Å². The van der Waals surface area contributed by atoms with Gasteiger partial charge in [-0.1, -0.05) is 154 Å². The molecule has 0 saturated carbocycles. The van der Waals surface area contributed by atoms with Crippen LogP contribution in [0.15, 0.2) is 188 Å². The number of rotatable bonds is 21. The van der Waals surface area contributed by atoms with Gasteiger partial charge in [-0.05, 0) is 261 Å². The van der Waals surface area contributed by atoms with Gasteiger partial charge < -0.3 is 29.2 Å². The lowest BCUT2D eigenvalue weighted by atomic mass is 9.99. The van der Waals surface area contributed by atoms with Crippen LogP contribution < -0.4 is 4.74 Å². The van der Waals surface area contributed by atoms with E-state index in [9.17, 15) is 88.0 Å². The normalized spacial score (nSPS) is 15.7. The summed E-state index contributed by atoms with van der Waals surface area (Å²) < 4.78 is 197.